The fourth-order valence-electron chi connectivity index (χ4n) is 2.34. The van der Waals surface area contributed by atoms with Crippen molar-refractivity contribution < 1.29 is 24.2 Å². The number of benzene rings is 2. The molecule has 0 saturated carbocycles. The molecule has 0 radical (unpaired) electrons. The van der Waals surface area contributed by atoms with Gasteiger partial charge in [0.15, 0.2) is 11.5 Å². The fraction of sp³-hybridized carbons (Fsp3) is 0.300. The van der Waals surface area contributed by atoms with Crippen LogP contribution in [0.4, 0.5) is 0 Å². The minimum atomic E-state index is -1.17. The number of aromatic carboxylic acids is 1. The lowest BCUT2D eigenvalue weighted by molar-refractivity contribution is 0.0677. The van der Waals surface area contributed by atoms with Gasteiger partial charge in [-0.3, -0.25) is 0 Å². The van der Waals surface area contributed by atoms with E-state index in [1.54, 1.807) is 42.5 Å². The molecule has 0 fully saturated rings. The largest absolute Gasteiger partial charge is 0.490 e. The summed E-state index contributed by atoms with van der Waals surface area (Å²) < 4.78 is 11.0. The first-order chi connectivity index (χ1) is 12.1. The molecule has 0 atom stereocenters. The molecule has 132 valence electrons. The van der Waals surface area contributed by atoms with Crippen LogP contribution >= 0.6 is 0 Å². The van der Waals surface area contributed by atoms with Gasteiger partial charge in [-0.15, -0.1) is 0 Å². The van der Waals surface area contributed by atoms with Gasteiger partial charge in [-0.05, 0) is 30.7 Å². The van der Waals surface area contributed by atoms with Gasteiger partial charge in [0.25, 0.3) is 0 Å². The van der Waals surface area contributed by atoms with Crippen molar-refractivity contribution in [3.8, 4) is 11.5 Å². The number of hydrogen-bond donors (Lipinski definition) is 1. The van der Waals surface area contributed by atoms with Crippen molar-refractivity contribution in [2.24, 2.45) is 0 Å². The molecule has 1 N–H and O–H groups in total. The van der Waals surface area contributed by atoms with Gasteiger partial charge in [0.1, 0.15) is 5.56 Å². The Morgan fingerprint density at radius 1 is 0.960 bits per heavy atom. The van der Waals surface area contributed by atoms with Gasteiger partial charge in [-0.25, -0.2) is 9.59 Å². The highest BCUT2D eigenvalue weighted by Gasteiger charge is 2.20. The number of carbonyl (C=O) groups excluding carboxylic acids is 1. The molecule has 2 aromatic rings. The molecule has 5 heteroatoms. The second-order valence-electron chi connectivity index (χ2n) is 5.60. The topological polar surface area (TPSA) is 72.8 Å². The van der Waals surface area contributed by atoms with Crippen molar-refractivity contribution in [1.82, 2.24) is 0 Å². The Kier molecular flexibility index (Phi) is 7.01. The molecule has 0 aliphatic rings. The number of rotatable bonds is 9. The standard InChI is InChI=1S/C20H22O5/c1-2-3-4-8-14-24-17-13-9-12-16(19(21)22)18(17)25-20(23)15-10-6-5-7-11-15/h5-7,9-13H,2-4,8,14H2,1H3,(H,21,22). The predicted molar refractivity (Wildman–Crippen MR) is 94.4 cm³/mol. The molecular weight excluding hydrogens is 320 g/mol. The zero-order chi connectivity index (χ0) is 18.1. The molecule has 2 rings (SSSR count). The Morgan fingerprint density at radius 3 is 2.40 bits per heavy atom. The Labute approximate surface area is 147 Å². The summed E-state index contributed by atoms with van der Waals surface area (Å²) in [7, 11) is 0. The second kappa shape index (κ2) is 9.47. The van der Waals surface area contributed by atoms with Crippen molar-refractivity contribution in [3.05, 3.63) is 59.7 Å². The van der Waals surface area contributed by atoms with E-state index in [2.05, 4.69) is 6.92 Å². The number of esters is 1. The van der Waals surface area contributed by atoms with Crippen LogP contribution in [0.3, 0.4) is 0 Å². The van der Waals surface area contributed by atoms with Gasteiger partial charge in [-0.2, -0.15) is 0 Å². The Hall–Kier alpha value is -2.82. The summed E-state index contributed by atoms with van der Waals surface area (Å²) >= 11 is 0. The van der Waals surface area contributed by atoms with Gasteiger partial charge in [-0.1, -0.05) is 50.5 Å². The smallest absolute Gasteiger partial charge is 0.343 e. The second-order valence-corrected chi connectivity index (χ2v) is 5.60. The molecule has 0 aromatic heterocycles. The minimum Gasteiger partial charge on any atom is -0.490 e. The Morgan fingerprint density at radius 2 is 1.72 bits per heavy atom. The van der Waals surface area contributed by atoms with Crippen molar-refractivity contribution in [2.45, 2.75) is 32.6 Å². The van der Waals surface area contributed by atoms with E-state index >= 15 is 0 Å². The van der Waals surface area contributed by atoms with Crippen LogP contribution in [0.2, 0.25) is 0 Å². The Balaban J connectivity index is 2.18. The van der Waals surface area contributed by atoms with E-state index in [9.17, 15) is 14.7 Å². The highest BCUT2D eigenvalue weighted by molar-refractivity contribution is 5.96. The zero-order valence-corrected chi connectivity index (χ0v) is 14.2. The van der Waals surface area contributed by atoms with Crippen LogP contribution in [0, 0.1) is 0 Å². The number of hydrogen-bond acceptors (Lipinski definition) is 4. The maximum Gasteiger partial charge on any atom is 0.343 e. The molecule has 0 amide bonds. The van der Waals surface area contributed by atoms with Crippen LogP contribution < -0.4 is 9.47 Å². The summed E-state index contributed by atoms with van der Waals surface area (Å²) in [6.07, 6.45) is 4.13. The molecule has 0 bridgehead atoms. The monoisotopic (exact) mass is 342 g/mol. The molecule has 2 aromatic carbocycles. The molecule has 0 saturated heterocycles. The van der Waals surface area contributed by atoms with Gasteiger partial charge in [0, 0.05) is 0 Å². The molecule has 0 heterocycles. The summed E-state index contributed by atoms with van der Waals surface area (Å²) in [5.74, 6) is -1.59. The maximum atomic E-state index is 12.3. The highest BCUT2D eigenvalue weighted by atomic mass is 16.6. The van der Waals surface area contributed by atoms with Gasteiger partial charge in [0.05, 0.1) is 12.2 Å². The van der Waals surface area contributed by atoms with E-state index < -0.39 is 11.9 Å². The third-order valence-corrected chi connectivity index (χ3v) is 3.67. The summed E-state index contributed by atoms with van der Waals surface area (Å²) in [4.78, 5) is 23.7. The SMILES string of the molecule is CCCCCCOc1cccc(C(=O)O)c1OC(=O)c1ccccc1. The van der Waals surface area contributed by atoms with Crippen molar-refractivity contribution in [2.75, 3.05) is 6.61 Å². The molecule has 0 unspecified atom stereocenters. The predicted octanol–water partition coefficient (Wildman–Crippen LogP) is 4.56. The summed E-state index contributed by atoms with van der Waals surface area (Å²) in [5, 5.41) is 9.37. The number of carboxylic acid groups (broad SMARTS) is 1. The first-order valence-electron chi connectivity index (χ1n) is 8.39. The minimum absolute atomic E-state index is 0.0562. The number of carbonyl (C=O) groups is 2. The number of ether oxygens (including phenoxy) is 2. The molecule has 25 heavy (non-hydrogen) atoms. The average molecular weight is 342 g/mol. The lowest BCUT2D eigenvalue weighted by Crippen LogP contribution is -2.13. The first kappa shape index (κ1) is 18.5. The van der Waals surface area contributed by atoms with Crippen molar-refractivity contribution in [1.29, 1.82) is 0 Å². The average Bonchev–Trinajstić information content (AvgIpc) is 2.63. The van der Waals surface area contributed by atoms with Crippen molar-refractivity contribution >= 4 is 11.9 Å². The molecular formula is C20H22O5. The van der Waals surface area contributed by atoms with Crippen LogP contribution in [-0.4, -0.2) is 23.7 Å². The van der Waals surface area contributed by atoms with Crippen LogP contribution in [0.5, 0.6) is 11.5 Å². The van der Waals surface area contributed by atoms with Gasteiger partial charge < -0.3 is 14.6 Å². The summed E-state index contributed by atoms with van der Waals surface area (Å²) in [6, 6.07) is 13.0. The van der Waals surface area contributed by atoms with Crippen LogP contribution in [0.15, 0.2) is 48.5 Å². The lowest BCUT2D eigenvalue weighted by Gasteiger charge is -2.14. The third-order valence-electron chi connectivity index (χ3n) is 3.67. The summed E-state index contributed by atoms with van der Waals surface area (Å²) in [6.45, 7) is 2.57. The number of carboxylic acids is 1. The normalized spacial score (nSPS) is 10.3. The van der Waals surface area contributed by atoms with E-state index in [1.807, 2.05) is 0 Å². The Bertz CT molecular complexity index is 709. The fourth-order valence-corrected chi connectivity index (χ4v) is 2.34. The summed E-state index contributed by atoms with van der Waals surface area (Å²) in [5.41, 5.74) is 0.243. The number of unbranched alkanes of at least 4 members (excludes halogenated alkanes) is 3. The van der Waals surface area contributed by atoms with Crippen LogP contribution in [0.25, 0.3) is 0 Å². The first-order valence-corrected chi connectivity index (χ1v) is 8.39. The van der Waals surface area contributed by atoms with Crippen molar-refractivity contribution in [3.63, 3.8) is 0 Å². The maximum absolute atomic E-state index is 12.3. The lowest BCUT2D eigenvalue weighted by atomic mass is 10.1. The van der Waals surface area contributed by atoms with Crippen LogP contribution in [-0.2, 0) is 0 Å². The van der Waals surface area contributed by atoms with E-state index in [0.29, 0.717) is 12.2 Å². The van der Waals surface area contributed by atoms with E-state index in [1.165, 1.54) is 6.07 Å². The van der Waals surface area contributed by atoms with Gasteiger partial charge in [0.2, 0.25) is 0 Å². The van der Waals surface area contributed by atoms with E-state index in [4.69, 9.17) is 9.47 Å². The van der Waals surface area contributed by atoms with E-state index in [-0.39, 0.29) is 17.1 Å². The highest BCUT2D eigenvalue weighted by Crippen LogP contribution is 2.32. The molecule has 0 spiro atoms. The van der Waals surface area contributed by atoms with Gasteiger partial charge >= 0.3 is 11.9 Å². The molecule has 5 nitrogen and oxygen atoms in total. The number of para-hydroxylation sites is 1. The van der Waals surface area contributed by atoms with Crippen LogP contribution in [0.1, 0.15) is 53.3 Å². The zero-order valence-electron chi connectivity index (χ0n) is 14.2. The third kappa shape index (κ3) is 5.35. The van der Waals surface area contributed by atoms with E-state index in [0.717, 1.165) is 25.7 Å². The molecule has 0 aliphatic heterocycles. The molecule has 0 aliphatic carbocycles. The quantitative estimate of drug-likeness (QED) is 0.411.